The van der Waals surface area contributed by atoms with E-state index in [4.69, 9.17) is 9.47 Å². The molecule has 0 spiro atoms. The van der Waals surface area contributed by atoms with Gasteiger partial charge in [-0.15, -0.1) is 0 Å². The van der Waals surface area contributed by atoms with Crippen LogP contribution in [0.2, 0.25) is 0 Å². The number of ketones is 3. The molecule has 61 heavy (non-hydrogen) atoms. The second-order valence-electron chi connectivity index (χ2n) is 18.9. The molecule has 0 radical (unpaired) electrons. The van der Waals surface area contributed by atoms with Crippen LogP contribution in [-0.2, 0) is 33.4 Å². The van der Waals surface area contributed by atoms with Crippen LogP contribution in [0.3, 0.4) is 0 Å². The van der Waals surface area contributed by atoms with E-state index in [0.29, 0.717) is 68.9 Å². The van der Waals surface area contributed by atoms with Gasteiger partial charge in [0, 0.05) is 43.6 Å². The highest BCUT2D eigenvalue weighted by Gasteiger charge is 2.53. The van der Waals surface area contributed by atoms with Crippen LogP contribution < -0.4 is 0 Å². The number of hydrogen-bond donors (Lipinski definition) is 5. The first kappa shape index (κ1) is 50.3. The van der Waals surface area contributed by atoms with Gasteiger partial charge in [0.1, 0.15) is 23.7 Å². The lowest BCUT2D eigenvalue weighted by molar-refractivity contribution is -0.265. The van der Waals surface area contributed by atoms with Crippen LogP contribution in [0.25, 0.3) is 0 Å². The maximum atomic E-state index is 14.2. The number of carbonyl (C=O) groups excluding carboxylic acids is 5. The normalized spacial score (nSPS) is 38.3. The van der Waals surface area contributed by atoms with Gasteiger partial charge in [0.2, 0.25) is 5.79 Å². The van der Waals surface area contributed by atoms with Gasteiger partial charge in [-0.25, -0.2) is 4.79 Å². The number of Topliss-reactive ketones (excluding diaryl/α,β-unsaturated/α-hetero) is 3. The highest BCUT2D eigenvalue weighted by Crippen LogP contribution is 2.37. The Morgan fingerprint density at radius 3 is 2.21 bits per heavy atom. The number of fused-ring (bicyclic) bond motifs is 3. The molecule has 3 heterocycles. The van der Waals surface area contributed by atoms with Gasteiger partial charge >= 0.3 is 5.97 Å². The number of carbonyl (C=O) groups is 5. The number of hydrogen-bond acceptors (Lipinski definition) is 12. The highest BCUT2D eigenvalue weighted by molar-refractivity contribution is 6.39. The SMILES string of the molecule is CC1=CC(C)C(=O)CC(C(C)CC2CCC(O)C(O)C2)OC(=O)C2CCCCN2C(=O)C(=O)C2(O)OC(CCC2C)CC(O)C(C)=CC=CC=CC(C)CC(C)C(=O)CC1O. The minimum atomic E-state index is -2.48. The van der Waals surface area contributed by atoms with Gasteiger partial charge in [-0.05, 0) is 107 Å². The Hall–Kier alpha value is -3.33. The summed E-state index contributed by atoms with van der Waals surface area (Å²) in [7, 11) is 0. The third kappa shape index (κ3) is 13.8. The van der Waals surface area contributed by atoms with E-state index in [2.05, 4.69) is 0 Å². The van der Waals surface area contributed by atoms with Crippen LogP contribution in [0, 0.1) is 35.5 Å². The Morgan fingerprint density at radius 2 is 1.51 bits per heavy atom. The number of aliphatic hydroxyl groups is 5. The van der Waals surface area contributed by atoms with Crippen molar-refractivity contribution in [1.29, 1.82) is 0 Å². The zero-order valence-electron chi connectivity index (χ0n) is 37.4. The van der Waals surface area contributed by atoms with Crippen LogP contribution in [0.1, 0.15) is 132 Å². The van der Waals surface area contributed by atoms with Gasteiger partial charge in [0.25, 0.3) is 11.7 Å². The molecule has 14 unspecified atom stereocenters. The number of nitrogens with zero attached hydrogens (tertiary/aromatic N) is 1. The van der Waals surface area contributed by atoms with Gasteiger partial charge in [-0.2, -0.15) is 0 Å². The number of piperidine rings is 1. The second-order valence-corrected chi connectivity index (χ2v) is 18.9. The Labute approximate surface area is 362 Å². The predicted octanol–water partition coefficient (Wildman–Crippen LogP) is 5.25. The smallest absolute Gasteiger partial charge is 0.329 e. The number of ether oxygens (including phenoxy) is 2. The van der Waals surface area contributed by atoms with Crippen molar-refractivity contribution in [2.45, 2.75) is 180 Å². The quantitative estimate of drug-likeness (QED) is 0.140. The monoisotopic (exact) mass is 856 g/mol. The van der Waals surface area contributed by atoms with E-state index in [1.165, 1.54) is 0 Å². The Balaban J connectivity index is 1.65. The number of amides is 1. The zero-order chi connectivity index (χ0) is 45.2. The molecule has 5 N–H and O–H groups in total. The highest BCUT2D eigenvalue weighted by atomic mass is 16.6. The molecule has 342 valence electrons. The average molecular weight is 856 g/mol. The molecule has 2 saturated heterocycles. The summed E-state index contributed by atoms with van der Waals surface area (Å²) >= 11 is 0. The van der Waals surface area contributed by atoms with Gasteiger partial charge in [0.15, 0.2) is 0 Å². The molecule has 3 fully saturated rings. The lowest BCUT2D eigenvalue weighted by Gasteiger charge is -2.42. The summed E-state index contributed by atoms with van der Waals surface area (Å²) in [5.74, 6) is -7.98. The molecule has 0 aromatic heterocycles. The molecule has 1 amide bonds. The maximum absolute atomic E-state index is 14.2. The standard InChI is InChI=1S/C48H73NO12/c1-28-13-9-8-10-14-29(2)39(51)25-36-18-16-34(7)48(59,61-36)45(56)46(57)49-20-12-11-15-37(49)47(58)60-44(33(6)23-35-17-19-38(50)43(55)24-35)27-42(54)32(5)22-31(4)41(53)26-40(52)30(3)21-28/h8-10,13-14,22,28,30,32-39,41,43-44,50-51,53,55,59H,11-12,15-21,23-27H2,1-7H3. The summed E-state index contributed by atoms with van der Waals surface area (Å²) < 4.78 is 12.2. The van der Waals surface area contributed by atoms with Crippen molar-refractivity contribution in [3.05, 3.63) is 47.6 Å². The number of esters is 1. The first-order valence-corrected chi connectivity index (χ1v) is 22.6. The van der Waals surface area contributed by atoms with E-state index in [0.717, 1.165) is 4.90 Å². The van der Waals surface area contributed by atoms with Gasteiger partial charge in [-0.3, -0.25) is 19.2 Å². The van der Waals surface area contributed by atoms with Crippen molar-refractivity contribution >= 4 is 29.2 Å². The molecule has 2 bridgehead atoms. The molecule has 14 atom stereocenters. The fraction of sp³-hybridized carbons (Fsp3) is 0.729. The molecule has 13 nitrogen and oxygen atoms in total. The van der Waals surface area contributed by atoms with Crippen LogP contribution >= 0.6 is 0 Å². The lowest BCUT2D eigenvalue weighted by atomic mass is 9.78. The maximum Gasteiger partial charge on any atom is 0.329 e. The third-order valence-electron chi connectivity index (χ3n) is 13.6. The Kier molecular flexibility index (Phi) is 18.8. The van der Waals surface area contributed by atoms with Crippen molar-refractivity contribution in [3.8, 4) is 0 Å². The minimum absolute atomic E-state index is 0.00391. The lowest BCUT2D eigenvalue weighted by Crippen LogP contribution is -2.61. The first-order valence-electron chi connectivity index (χ1n) is 22.6. The first-order chi connectivity index (χ1) is 28.7. The molecule has 3 aliphatic heterocycles. The van der Waals surface area contributed by atoms with Gasteiger partial charge in [-0.1, -0.05) is 71.1 Å². The van der Waals surface area contributed by atoms with Gasteiger partial charge in [0.05, 0.1) is 30.5 Å². The number of allylic oxidation sites excluding steroid dienone is 6. The summed E-state index contributed by atoms with van der Waals surface area (Å²) in [6.07, 6.45) is 9.72. The Morgan fingerprint density at radius 1 is 0.787 bits per heavy atom. The van der Waals surface area contributed by atoms with Crippen molar-refractivity contribution < 1.29 is 59.0 Å². The summed E-state index contributed by atoms with van der Waals surface area (Å²) in [6, 6.07) is -1.16. The number of cyclic esters (lactones) is 1. The largest absolute Gasteiger partial charge is 0.460 e. The molecular formula is C48H73NO12. The van der Waals surface area contributed by atoms with E-state index >= 15 is 0 Å². The fourth-order valence-corrected chi connectivity index (χ4v) is 9.28. The minimum Gasteiger partial charge on any atom is -0.460 e. The topological polar surface area (TPSA) is 208 Å². The molecule has 4 rings (SSSR count). The Bertz CT molecular complexity index is 1670. The third-order valence-corrected chi connectivity index (χ3v) is 13.6. The zero-order valence-corrected chi connectivity index (χ0v) is 37.4. The van der Waals surface area contributed by atoms with E-state index in [9.17, 15) is 49.5 Å². The van der Waals surface area contributed by atoms with Crippen molar-refractivity contribution in [2.75, 3.05) is 6.54 Å². The molecule has 1 aliphatic carbocycles. The van der Waals surface area contributed by atoms with Crippen molar-refractivity contribution in [2.24, 2.45) is 35.5 Å². The molecule has 0 aromatic rings. The van der Waals surface area contributed by atoms with E-state index in [1.807, 2.05) is 39.0 Å². The molecule has 1 saturated carbocycles. The molecule has 13 heteroatoms. The summed E-state index contributed by atoms with van der Waals surface area (Å²) in [5, 5.41) is 54.4. The molecule has 4 aliphatic rings. The van der Waals surface area contributed by atoms with Crippen molar-refractivity contribution in [3.63, 3.8) is 0 Å². The summed E-state index contributed by atoms with van der Waals surface area (Å²) in [4.78, 5) is 70.5. The van der Waals surface area contributed by atoms with Crippen LogP contribution in [0.4, 0.5) is 0 Å². The van der Waals surface area contributed by atoms with Crippen LogP contribution in [0.5, 0.6) is 0 Å². The van der Waals surface area contributed by atoms with Crippen LogP contribution in [0.15, 0.2) is 47.6 Å². The number of aliphatic hydroxyl groups excluding tert-OH is 4. The molecule has 0 aromatic carbocycles. The van der Waals surface area contributed by atoms with E-state index in [1.54, 1.807) is 45.9 Å². The summed E-state index contributed by atoms with van der Waals surface area (Å²) in [6.45, 7) is 12.5. The average Bonchev–Trinajstić information content (AvgIpc) is 3.21. The second kappa shape index (κ2) is 22.9. The predicted molar refractivity (Wildman–Crippen MR) is 229 cm³/mol. The van der Waals surface area contributed by atoms with E-state index < -0.39 is 77.9 Å². The fourth-order valence-electron chi connectivity index (χ4n) is 9.28. The van der Waals surface area contributed by atoms with Crippen LogP contribution in [-0.4, -0.2) is 115 Å². The summed E-state index contributed by atoms with van der Waals surface area (Å²) in [5.41, 5.74) is 1.10. The van der Waals surface area contributed by atoms with Crippen molar-refractivity contribution in [1.82, 2.24) is 4.90 Å². The number of rotatable bonds is 3. The van der Waals surface area contributed by atoms with Gasteiger partial charge < -0.3 is 39.9 Å². The molecular weight excluding hydrogens is 783 g/mol. The van der Waals surface area contributed by atoms with E-state index in [-0.39, 0.29) is 67.5 Å².